The summed E-state index contributed by atoms with van der Waals surface area (Å²) in [5, 5.41) is 19.5. The predicted octanol–water partition coefficient (Wildman–Crippen LogP) is 10.3. The molecule has 0 aliphatic rings. The number of hydrogen-bond donors (Lipinski definition) is 3. The number of nitrogens with one attached hydrogen (secondary N) is 1. The van der Waals surface area contributed by atoms with Gasteiger partial charge in [-0.25, -0.2) is 0 Å². The minimum atomic E-state index is -0.0509. The Balaban J connectivity index is -0.000000241. The first-order valence-electron chi connectivity index (χ1n) is 16.3. The van der Waals surface area contributed by atoms with Crippen LogP contribution in [0.3, 0.4) is 0 Å². The van der Waals surface area contributed by atoms with Crippen molar-refractivity contribution in [2.75, 3.05) is 20.2 Å². The summed E-state index contributed by atoms with van der Waals surface area (Å²) in [6.07, 6.45) is 28.1. The first-order valence-corrected chi connectivity index (χ1v) is 16.3. The summed E-state index contributed by atoms with van der Waals surface area (Å²) in [4.78, 5) is 0. The first kappa shape index (κ1) is 47.4. The van der Waals surface area contributed by atoms with Crippen molar-refractivity contribution >= 4 is 0 Å². The van der Waals surface area contributed by atoms with Gasteiger partial charge in [0.05, 0.1) is 6.10 Å². The van der Waals surface area contributed by atoms with Gasteiger partial charge in [-0.3, -0.25) is 0 Å². The smallest absolute Gasteiger partial charge is 0.0537 e. The number of unbranched alkanes of at least 4 members (excludes halogenated alkanes) is 11. The van der Waals surface area contributed by atoms with Gasteiger partial charge in [0.1, 0.15) is 0 Å². The van der Waals surface area contributed by atoms with Crippen molar-refractivity contribution in [3.63, 3.8) is 0 Å². The minimum Gasteiger partial charge on any atom is -0.400 e. The third-order valence-electron chi connectivity index (χ3n) is 6.59. The monoisotopic (exact) mass is 701 g/mol. The summed E-state index contributed by atoms with van der Waals surface area (Å²) in [5.74, 6) is 1.02. The van der Waals surface area contributed by atoms with E-state index in [0.717, 1.165) is 38.7 Å². The summed E-state index contributed by atoms with van der Waals surface area (Å²) < 4.78 is 0. The van der Waals surface area contributed by atoms with Gasteiger partial charge in [-0.05, 0) is 44.7 Å². The summed E-state index contributed by atoms with van der Waals surface area (Å²) in [6.45, 7) is 19.1. The molecule has 37 heavy (non-hydrogen) atoms. The van der Waals surface area contributed by atoms with Crippen molar-refractivity contribution in [3.8, 4) is 0 Å². The summed E-state index contributed by atoms with van der Waals surface area (Å²) in [7, 11) is 1.00. The SMILES string of the molecule is CC.CCCC(O)CC.CO.[CH2-]CCCCCNCCCCCCC(CCCCC)CCCCCC.[W]. The Bertz CT molecular complexity index is 319. The second-order valence-corrected chi connectivity index (χ2v) is 9.93. The maximum Gasteiger partial charge on any atom is 0.0537 e. The number of rotatable bonds is 24. The van der Waals surface area contributed by atoms with Crippen LogP contribution < -0.4 is 5.32 Å². The molecule has 230 valence electrons. The Labute approximate surface area is 251 Å². The van der Waals surface area contributed by atoms with Crippen molar-refractivity contribution in [2.24, 2.45) is 5.92 Å². The average molecular weight is 701 g/mol. The van der Waals surface area contributed by atoms with Crippen LogP contribution in [0.1, 0.15) is 176 Å². The Morgan fingerprint density at radius 3 is 1.38 bits per heavy atom. The normalized spacial score (nSPS) is 11.5. The fourth-order valence-corrected chi connectivity index (χ4v) is 4.28. The van der Waals surface area contributed by atoms with Crippen LogP contribution in [0.4, 0.5) is 0 Å². The molecular formula is C33H74NO2W-. The van der Waals surface area contributed by atoms with Crippen LogP contribution in [0.5, 0.6) is 0 Å². The fraction of sp³-hybridized carbons (Fsp3) is 0.970. The van der Waals surface area contributed by atoms with Crippen molar-refractivity contribution in [1.82, 2.24) is 5.32 Å². The maximum atomic E-state index is 8.86. The second kappa shape index (κ2) is 49.5. The molecule has 0 rings (SSSR count). The zero-order valence-corrected chi connectivity index (χ0v) is 29.9. The van der Waals surface area contributed by atoms with E-state index in [2.05, 4.69) is 33.0 Å². The van der Waals surface area contributed by atoms with Gasteiger partial charge in [0.2, 0.25) is 0 Å². The molecule has 0 heterocycles. The summed E-state index contributed by atoms with van der Waals surface area (Å²) in [6, 6.07) is 0. The van der Waals surface area contributed by atoms with Crippen molar-refractivity contribution in [3.05, 3.63) is 6.92 Å². The summed E-state index contributed by atoms with van der Waals surface area (Å²) >= 11 is 0. The zero-order chi connectivity index (χ0) is 28.1. The Hall–Kier alpha value is 0.568. The quantitative estimate of drug-likeness (QED) is 0.0694. The van der Waals surface area contributed by atoms with E-state index >= 15 is 0 Å². The van der Waals surface area contributed by atoms with Crippen LogP contribution in [0.15, 0.2) is 0 Å². The van der Waals surface area contributed by atoms with E-state index < -0.39 is 0 Å². The van der Waals surface area contributed by atoms with Crippen LogP contribution >= 0.6 is 0 Å². The third-order valence-corrected chi connectivity index (χ3v) is 6.59. The molecule has 0 aliphatic heterocycles. The van der Waals surface area contributed by atoms with Crippen LogP contribution in [0.2, 0.25) is 0 Å². The van der Waals surface area contributed by atoms with Crippen LogP contribution in [-0.2, 0) is 21.1 Å². The van der Waals surface area contributed by atoms with Gasteiger partial charge in [0, 0.05) is 28.2 Å². The molecule has 0 fully saturated rings. The standard InChI is InChI=1S/C24H50N.C6H14O.C2H6.CH4O.W/c1-4-7-10-15-20-24(19-14-9-6-3)21-16-12-13-18-23-25-22-17-11-8-5-2;1-3-5-6(7)4-2;2*1-2;/h24-25H,2,4-23H2,1,3H3;6-7H,3-5H2,1-2H3;1-2H3;2H,1H3;/q-1;;;;. The van der Waals surface area contributed by atoms with Crippen LogP contribution in [0.25, 0.3) is 0 Å². The van der Waals surface area contributed by atoms with Gasteiger partial charge in [0.15, 0.2) is 0 Å². The predicted molar refractivity (Wildman–Crippen MR) is 167 cm³/mol. The molecule has 0 amide bonds. The fourth-order valence-electron chi connectivity index (χ4n) is 4.28. The van der Waals surface area contributed by atoms with Crippen molar-refractivity contribution in [2.45, 2.75) is 182 Å². The third kappa shape index (κ3) is 50.0. The van der Waals surface area contributed by atoms with Gasteiger partial charge in [-0.2, -0.15) is 6.42 Å². The van der Waals surface area contributed by atoms with Gasteiger partial charge >= 0.3 is 0 Å². The number of aliphatic hydroxyl groups is 2. The topological polar surface area (TPSA) is 52.5 Å². The van der Waals surface area contributed by atoms with E-state index in [1.165, 1.54) is 122 Å². The molecule has 2 unspecified atom stereocenters. The van der Waals surface area contributed by atoms with E-state index in [0.29, 0.717) is 0 Å². The molecule has 3 nitrogen and oxygen atoms in total. The van der Waals surface area contributed by atoms with Crippen LogP contribution in [0, 0.1) is 12.8 Å². The molecule has 0 spiro atoms. The molecule has 4 heteroatoms. The van der Waals surface area contributed by atoms with Gasteiger partial charge in [-0.1, -0.05) is 144 Å². The van der Waals surface area contributed by atoms with E-state index in [-0.39, 0.29) is 27.2 Å². The Morgan fingerprint density at radius 2 is 0.973 bits per heavy atom. The molecule has 0 aliphatic carbocycles. The Morgan fingerprint density at radius 1 is 0.568 bits per heavy atom. The Kier molecular flexibility index (Phi) is 63.4. The first-order chi connectivity index (χ1) is 17.7. The van der Waals surface area contributed by atoms with Crippen molar-refractivity contribution in [1.29, 1.82) is 0 Å². The molecule has 0 aromatic rings. The zero-order valence-electron chi connectivity index (χ0n) is 26.9. The van der Waals surface area contributed by atoms with E-state index in [4.69, 9.17) is 10.2 Å². The molecule has 0 radical (unpaired) electrons. The number of aliphatic hydroxyl groups excluding tert-OH is 2. The molecule has 0 aromatic heterocycles. The van der Waals surface area contributed by atoms with Gasteiger partial charge in [0.25, 0.3) is 0 Å². The second-order valence-electron chi connectivity index (χ2n) is 9.93. The van der Waals surface area contributed by atoms with Gasteiger partial charge < -0.3 is 22.5 Å². The van der Waals surface area contributed by atoms with E-state index in [9.17, 15) is 0 Å². The minimum absolute atomic E-state index is 0. The van der Waals surface area contributed by atoms with E-state index in [1.807, 2.05) is 20.8 Å². The molecular weight excluding hydrogens is 626 g/mol. The number of hydrogen-bond acceptors (Lipinski definition) is 3. The molecule has 0 bridgehead atoms. The molecule has 2 atom stereocenters. The van der Waals surface area contributed by atoms with Gasteiger partial charge in [-0.15, -0.1) is 0 Å². The molecule has 3 N–H and O–H groups in total. The maximum absolute atomic E-state index is 8.86. The molecule has 0 aromatic carbocycles. The van der Waals surface area contributed by atoms with Crippen LogP contribution in [-0.4, -0.2) is 36.5 Å². The average Bonchev–Trinajstić information content (AvgIpc) is 2.92. The largest absolute Gasteiger partial charge is 0.400 e. The molecule has 0 saturated heterocycles. The van der Waals surface area contributed by atoms with Crippen molar-refractivity contribution < 1.29 is 31.3 Å². The summed E-state index contributed by atoms with van der Waals surface area (Å²) in [5.41, 5.74) is 0. The molecule has 0 saturated carbocycles. The van der Waals surface area contributed by atoms with E-state index in [1.54, 1.807) is 0 Å².